The lowest BCUT2D eigenvalue weighted by Crippen LogP contribution is -2.37. The number of nitrogens with zero attached hydrogens (tertiary/aromatic N) is 3. The third-order valence-corrected chi connectivity index (χ3v) is 2.73. The summed E-state index contributed by atoms with van der Waals surface area (Å²) in [5, 5.41) is 15.8. The van der Waals surface area contributed by atoms with E-state index in [2.05, 4.69) is 32.9 Å². The van der Waals surface area contributed by atoms with Crippen LogP contribution in [0.3, 0.4) is 0 Å². The van der Waals surface area contributed by atoms with Crippen LogP contribution in [0.2, 0.25) is 0 Å². The number of tetrazole rings is 1. The highest BCUT2D eigenvalue weighted by Gasteiger charge is 2.26. The lowest BCUT2D eigenvalue weighted by atomic mass is 10.1. The van der Waals surface area contributed by atoms with Gasteiger partial charge in [0.05, 0.1) is 0 Å². The lowest BCUT2D eigenvalue weighted by Gasteiger charge is -2.15. The van der Waals surface area contributed by atoms with Gasteiger partial charge in [0.25, 0.3) is 11.7 Å². The molecule has 0 bridgehead atoms. The Morgan fingerprint density at radius 3 is 3.00 bits per heavy atom. The predicted molar refractivity (Wildman–Crippen MR) is 48.4 cm³/mol. The number of aromatic amines is 1. The molecular formula is C8H13N5O. The molecule has 76 valence electrons. The van der Waals surface area contributed by atoms with E-state index < -0.39 is 0 Å². The fourth-order valence-corrected chi connectivity index (χ4v) is 1.85. The molecule has 0 aromatic carbocycles. The van der Waals surface area contributed by atoms with Crippen molar-refractivity contribution in [3.05, 3.63) is 5.82 Å². The Kier molecular flexibility index (Phi) is 2.43. The molecule has 2 rings (SSSR count). The summed E-state index contributed by atoms with van der Waals surface area (Å²) in [6.07, 6.45) is 3.40. The van der Waals surface area contributed by atoms with Gasteiger partial charge in [-0.25, -0.2) is 0 Å². The van der Waals surface area contributed by atoms with E-state index in [1.54, 1.807) is 0 Å². The maximum atomic E-state index is 11.5. The van der Waals surface area contributed by atoms with Crippen molar-refractivity contribution in [3.8, 4) is 0 Å². The standard InChI is InChI=1S/C8H13N5O/c1-5-3-2-4-6(5)9-8(14)7-10-12-13-11-7/h5-6H,2-4H2,1H3,(H,9,14)(H,10,11,12,13). The molecule has 14 heavy (non-hydrogen) atoms. The Bertz CT molecular complexity index is 310. The summed E-state index contributed by atoms with van der Waals surface area (Å²) in [6.45, 7) is 2.15. The number of carbonyl (C=O) groups is 1. The molecule has 1 fully saturated rings. The van der Waals surface area contributed by atoms with E-state index in [-0.39, 0.29) is 17.8 Å². The Balaban J connectivity index is 1.95. The second-order valence-electron chi connectivity index (χ2n) is 3.72. The minimum absolute atomic E-state index is 0.115. The van der Waals surface area contributed by atoms with E-state index in [1.165, 1.54) is 12.8 Å². The van der Waals surface area contributed by atoms with Crippen molar-refractivity contribution >= 4 is 5.91 Å². The first kappa shape index (κ1) is 9.11. The van der Waals surface area contributed by atoms with E-state index in [1.807, 2.05) is 0 Å². The normalized spacial score (nSPS) is 26.4. The van der Waals surface area contributed by atoms with Gasteiger partial charge < -0.3 is 5.32 Å². The van der Waals surface area contributed by atoms with E-state index in [9.17, 15) is 4.79 Å². The number of H-pyrrole nitrogens is 1. The number of carbonyl (C=O) groups excluding carboxylic acids is 1. The average Bonchev–Trinajstić information content (AvgIpc) is 2.77. The first-order valence-electron chi connectivity index (χ1n) is 4.81. The van der Waals surface area contributed by atoms with Crippen LogP contribution in [0.5, 0.6) is 0 Å². The molecule has 0 spiro atoms. The minimum atomic E-state index is -0.238. The minimum Gasteiger partial charge on any atom is -0.346 e. The molecule has 1 aliphatic rings. The Hall–Kier alpha value is -1.46. The molecule has 2 unspecified atom stereocenters. The fourth-order valence-electron chi connectivity index (χ4n) is 1.85. The quantitative estimate of drug-likeness (QED) is 0.702. The first-order valence-corrected chi connectivity index (χ1v) is 4.81. The van der Waals surface area contributed by atoms with Crippen molar-refractivity contribution in [2.24, 2.45) is 5.92 Å². The van der Waals surface area contributed by atoms with Crippen LogP contribution in [-0.2, 0) is 0 Å². The number of rotatable bonds is 2. The molecule has 0 radical (unpaired) electrons. The summed E-state index contributed by atoms with van der Waals surface area (Å²) in [6, 6.07) is 0.265. The highest BCUT2D eigenvalue weighted by Crippen LogP contribution is 2.24. The summed E-state index contributed by atoms with van der Waals surface area (Å²) in [5.74, 6) is 0.424. The molecule has 2 atom stereocenters. The van der Waals surface area contributed by atoms with Gasteiger partial charge in [0.15, 0.2) is 0 Å². The Morgan fingerprint density at radius 2 is 2.43 bits per heavy atom. The van der Waals surface area contributed by atoms with Crippen LogP contribution in [0, 0.1) is 5.92 Å². The van der Waals surface area contributed by atoms with Crippen LogP contribution >= 0.6 is 0 Å². The molecule has 1 amide bonds. The summed E-state index contributed by atoms with van der Waals surface area (Å²) >= 11 is 0. The summed E-state index contributed by atoms with van der Waals surface area (Å²) in [5.41, 5.74) is 0. The van der Waals surface area contributed by atoms with Crippen molar-refractivity contribution in [1.82, 2.24) is 25.9 Å². The Morgan fingerprint density at radius 1 is 1.57 bits per heavy atom. The van der Waals surface area contributed by atoms with Crippen molar-refractivity contribution < 1.29 is 4.79 Å². The van der Waals surface area contributed by atoms with Crippen molar-refractivity contribution in [3.63, 3.8) is 0 Å². The highest BCUT2D eigenvalue weighted by molar-refractivity contribution is 5.90. The highest BCUT2D eigenvalue weighted by atomic mass is 16.2. The monoisotopic (exact) mass is 195 g/mol. The third-order valence-electron chi connectivity index (χ3n) is 2.73. The fraction of sp³-hybridized carbons (Fsp3) is 0.750. The molecule has 6 nitrogen and oxygen atoms in total. The van der Waals surface area contributed by atoms with Gasteiger partial charge in [0, 0.05) is 6.04 Å². The van der Waals surface area contributed by atoms with Crippen LogP contribution in [-0.4, -0.2) is 32.6 Å². The number of amides is 1. The molecule has 1 heterocycles. The van der Waals surface area contributed by atoms with Crippen LogP contribution in [0.1, 0.15) is 36.8 Å². The molecule has 1 saturated carbocycles. The zero-order valence-corrected chi connectivity index (χ0v) is 8.03. The number of aromatic nitrogens is 4. The van der Waals surface area contributed by atoms with Gasteiger partial charge in [-0.1, -0.05) is 13.3 Å². The molecule has 1 aromatic rings. The van der Waals surface area contributed by atoms with E-state index in [4.69, 9.17) is 0 Å². The summed E-state index contributed by atoms with van der Waals surface area (Å²) in [4.78, 5) is 11.5. The van der Waals surface area contributed by atoms with Gasteiger partial charge in [-0.2, -0.15) is 5.21 Å². The number of nitrogens with one attached hydrogen (secondary N) is 2. The van der Waals surface area contributed by atoms with Gasteiger partial charge in [-0.3, -0.25) is 4.79 Å². The molecule has 0 aliphatic heterocycles. The number of hydrogen-bond acceptors (Lipinski definition) is 4. The predicted octanol–water partition coefficient (Wildman–Crippen LogP) is 0.118. The summed E-state index contributed by atoms with van der Waals surface area (Å²) in [7, 11) is 0. The van der Waals surface area contributed by atoms with E-state index in [0.29, 0.717) is 5.92 Å². The molecule has 1 aliphatic carbocycles. The summed E-state index contributed by atoms with van der Waals surface area (Å²) < 4.78 is 0. The van der Waals surface area contributed by atoms with Crippen molar-refractivity contribution in [2.45, 2.75) is 32.2 Å². The maximum Gasteiger partial charge on any atom is 0.293 e. The smallest absolute Gasteiger partial charge is 0.293 e. The molecular weight excluding hydrogens is 182 g/mol. The van der Waals surface area contributed by atoms with Crippen LogP contribution in [0.4, 0.5) is 0 Å². The van der Waals surface area contributed by atoms with Crippen LogP contribution in [0.15, 0.2) is 0 Å². The lowest BCUT2D eigenvalue weighted by molar-refractivity contribution is 0.0919. The molecule has 6 heteroatoms. The van der Waals surface area contributed by atoms with Gasteiger partial charge in [0.2, 0.25) is 0 Å². The van der Waals surface area contributed by atoms with E-state index in [0.717, 1.165) is 6.42 Å². The van der Waals surface area contributed by atoms with Crippen LogP contribution < -0.4 is 5.32 Å². The van der Waals surface area contributed by atoms with Crippen molar-refractivity contribution in [2.75, 3.05) is 0 Å². The molecule has 0 saturated heterocycles. The topological polar surface area (TPSA) is 83.6 Å². The molecule has 1 aromatic heterocycles. The number of hydrogen-bond donors (Lipinski definition) is 2. The largest absolute Gasteiger partial charge is 0.346 e. The second kappa shape index (κ2) is 3.73. The van der Waals surface area contributed by atoms with Gasteiger partial charge in [-0.15, -0.1) is 10.2 Å². The second-order valence-corrected chi connectivity index (χ2v) is 3.72. The first-order chi connectivity index (χ1) is 6.77. The zero-order chi connectivity index (χ0) is 9.97. The average molecular weight is 195 g/mol. The van der Waals surface area contributed by atoms with E-state index >= 15 is 0 Å². The van der Waals surface area contributed by atoms with Gasteiger partial charge >= 0.3 is 0 Å². The maximum absolute atomic E-state index is 11.5. The third kappa shape index (κ3) is 1.73. The zero-order valence-electron chi connectivity index (χ0n) is 8.03. The van der Waals surface area contributed by atoms with Crippen molar-refractivity contribution in [1.29, 1.82) is 0 Å². The van der Waals surface area contributed by atoms with Gasteiger partial charge in [-0.05, 0) is 24.0 Å². The SMILES string of the molecule is CC1CCCC1NC(=O)c1nn[nH]n1. The van der Waals surface area contributed by atoms with Gasteiger partial charge in [0.1, 0.15) is 0 Å². The molecule has 2 N–H and O–H groups in total. The Labute approximate surface area is 81.5 Å². The van der Waals surface area contributed by atoms with Crippen LogP contribution in [0.25, 0.3) is 0 Å².